The van der Waals surface area contributed by atoms with Gasteiger partial charge < -0.3 is 17.9 Å². The SMILES string of the molecule is C[Si](C)(C)c1cc(CS(=O)(=O)[N-]C(c2ccccc2)C([NH-])c2ccccc2)cc([Si](C)(C)C)c1.[CH3-].[Cl][Ru+3]. The zero-order chi connectivity index (χ0) is 27.1. The third kappa shape index (κ3) is 10.2. The fraction of sp³-hybridized carbons (Fsp3) is 0.321. The quantitative estimate of drug-likeness (QED) is 0.175. The van der Waals surface area contributed by atoms with E-state index >= 15 is 0 Å². The Labute approximate surface area is 241 Å². The first kappa shape index (κ1) is 33.9. The van der Waals surface area contributed by atoms with Gasteiger partial charge in [0.25, 0.3) is 0 Å². The molecule has 0 aliphatic carbocycles. The van der Waals surface area contributed by atoms with Crippen LogP contribution in [-0.4, -0.2) is 24.6 Å². The number of halogens is 1. The summed E-state index contributed by atoms with van der Waals surface area (Å²) in [6.45, 7) is 13.7. The van der Waals surface area contributed by atoms with Gasteiger partial charge in [0.05, 0.1) is 31.9 Å². The Morgan fingerprint density at radius 3 is 1.59 bits per heavy atom. The Bertz CT molecular complexity index is 1180. The summed E-state index contributed by atoms with van der Waals surface area (Å²) in [6.07, 6.45) is 0. The van der Waals surface area contributed by atoms with Gasteiger partial charge in [-0.2, -0.15) is 0 Å². The fourth-order valence-electron chi connectivity index (χ4n) is 3.87. The van der Waals surface area contributed by atoms with Crippen molar-refractivity contribution in [2.75, 3.05) is 0 Å². The average molecular weight is 660 g/mol. The molecule has 3 aromatic carbocycles. The predicted molar refractivity (Wildman–Crippen MR) is 163 cm³/mol. The van der Waals surface area contributed by atoms with E-state index in [4.69, 9.17) is 5.73 Å². The van der Waals surface area contributed by atoms with Crippen LogP contribution in [0.1, 0.15) is 28.8 Å². The van der Waals surface area contributed by atoms with Gasteiger partial charge in [0.1, 0.15) is 0 Å². The number of nitrogens with one attached hydrogen (secondary N) is 1. The van der Waals surface area contributed by atoms with E-state index in [-0.39, 0.29) is 13.2 Å². The first-order chi connectivity index (χ1) is 16.8. The molecular formula is C28H39ClN2O2RuSSi2. The number of hydrogen-bond donors (Lipinski definition) is 0. The molecule has 0 amide bonds. The minimum atomic E-state index is -3.82. The summed E-state index contributed by atoms with van der Waals surface area (Å²) >= 11 is 1.82. The van der Waals surface area contributed by atoms with Crippen molar-refractivity contribution in [3.05, 3.63) is 113 Å². The standard InChI is InChI=1S/C27H36N2O2SSi2.CH3.ClH.Ru/c1-33(2,3)24-17-21(18-25(19-24)34(4,5)6)20-32(30,31)29-27(23-15-11-8-12-16-23)26(28)22-13-9-7-10-14-22;;;/h7-19,26-28H,20H2,1-6H3;1H3;1H;/q-2;-1;;+4/p-1. The van der Waals surface area contributed by atoms with Crippen molar-refractivity contribution in [1.82, 2.24) is 0 Å². The molecule has 0 spiro atoms. The summed E-state index contributed by atoms with van der Waals surface area (Å²) in [6, 6.07) is 23.5. The molecule has 4 nitrogen and oxygen atoms in total. The van der Waals surface area contributed by atoms with E-state index < -0.39 is 38.3 Å². The predicted octanol–water partition coefficient (Wildman–Crippen LogP) is 7.65. The Morgan fingerprint density at radius 2 is 1.19 bits per heavy atom. The molecular weight excluding hydrogens is 621 g/mol. The Balaban J connectivity index is 0.00000223. The van der Waals surface area contributed by atoms with Crippen molar-refractivity contribution in [3.63, 3.8) is 0 Å². The molecule has 2 atom stereocenters. The van der Waals surface area contributed by atoms with Crippen LogP contribution in [0.3, 0.4) is 0 Å². The van der Waals surface area contributed by atoms with Gasteiger partial charge in [-0.3, -0.25) is 0 Å². The Kier molecular flexibility index (Phi) is 13.1. The number of rotatable bonds is 9. The van der Waals surface area contributed by atoms with E-state index in [1.54, 1.807) is 0 Å². The molecule has 0 heterocycles. The van der Waals surface area contributed by atoms with Crippen LogP contribution in [0.5, 0.6) is 0 Å². The monoisotopic (exact) mass is 660 g/mol. The summed E-state index contributed by atoms with van der Waals surface area (Å²) in [7, 11) is -2.51. The molecule has 1 N–H and O–H groups in total. The van der Waals surface area contributed by atoms with Crippen LogP contribution in [0.2, 0.25) is 39.3 Å². The van der Waals surface area contributed by atoms with Crippen molar-refractivity contribution in [3.8, 4) is 0 Å². The molecule has 2 unspecified atom stereocenters. The van der Waals surface area contributed by atoms with Gasteiger partial charge in [-0.05, 0) is 5.56 Å². The van der Waals surface area contributed by atoms with Crippen LogP contribution >= 0.6 is 9.69 Å². The molecule has 0 aliphatic rings. The molecule has 0 fully saturated rings. The third-order valence-corrected chi connectivity index (χ3v) is 11.3. The molecule has 9 heteroatoms. The Morgan fingerprint density at radius 1 is 0.784 bits per heavy atom. The van der Waals surface area contributed by atoms with Gasteiger partial charge in [0.2, 0.25) is 0 Å². The van der Waals surface area contributed by atoms with Gasteiger partial charge in [-0.1, -0.05) is 140 Å². The van der Waals surface area contributed by atoms with E-state index in [0.717, 1.165) is 16.7 Å². The zero-order valence-corrected chi connectivity index (χ0v) is 28.1. The van der Waals surface area contributed by atoms with E-state index in [1.165, 1.54) is 10.4 Å². The number of benzene rings is 3. The summed E-state index contributed by atoms with van der Waals surface area (Å²) < 4.78 is 31.2. The molecule has 0 saturated carbocycles. The van der Waals surface area contributed by atoms with Crippen LogP contribution in [0.15, 0.2) is 78.9 Å². The Hall–Kier alpha value is -1.12. The van der Waals surface area contributed by atoms with Crippen LogP contribution in [-0.2, 0) is 33.1 Å². The maximum absolute atomic E-state index is 13.4. The molecule has 0 bridgehead atoms. The van der Waals surface area contributed by atoms with Gasteiger partial charge in [-0.25, -0.2) is 8.42 Å². The van der Waals surface area contributed by atoms with Crippen LogP contribution in [0.25, 0.3) is 10.5 Å². The van der Waals surface area contributed by atoms with Gasteiger partial charge in [0.15, 0.2) is 0 Å². The summed E-state index contributed by atoms with van der Waals surface area (Å²) in [4.78, 5) is 0. The second kappa shape index (κ2) is 14.3. The summed E-state index contributed by atoms with van der Waals surface area (Å²) in [5, 5.41) is 2.56. The van der Waals surface area contributed by atoms with Gasteiger partial charge in [-0.15, -0.1) is 12.1 Å². The second-order valence-corrected chi connectivity index (χ2v) is 22.8. The molecule has 202 valence electrons. The van der Waals surface area contributed by atoms with Crippen molar-refractivity contribution >= 4 is 46.2 Å². The molecule has 0 saturated heterocycles. The van der Waals surface area contributed by atoms with E-state index in [9.17, 15) is 8.42 Å². The van der Waals surface area contributed by atoms with E-state index in [2.05, 4.69) is 71.9 Å². The van der Waals surface area contributed by atoms with Crippen LogP contribution < -0.4 is 10.4 Å². The van der Waals surface area contributed by atoms with E-state index in [0.29, 0.717) is 0 Å². The van der Waals surface area contributed by atoms with Crippen molar-refractivity contribution in [1.29, 1.82) is 0 Å². The molecule has 3 rings (SSSR count). The van der Waals surface area contributed by atoms with Gasteiger partial charge in [0, 0.05) is 0 Å². The van der Waals surface area contributed by atoms with Crippen LogP contribution in [0, 0.1) is 7.43 Å². The first-order valence-corrected chi connectivity index (χ1v) is 22.6. The van der Waals surface area contributed by atoms with E-state index in [1.807, 2.05) is 78.0 Å². The number of hydrogen-bond acceptors (Lipinski definition) is 2. The van der Waals surface area contributed by atoms with Crippen molar-refractivity contribution in [2.45, 2.75) is 57.1 Å². The van der Waals surface area contributed by atoms with Crippen LogP contribution in [0.4, 0.5) is 0 Å². The third-order valence-electron chi connectivity index (χ3n) is 5.96. The topological polar surface area (TPSA) is 72.0 Å². The fourth-order valence-corrected chi connectivity index (χ4v) is 7.68. The number of sulfonamides is 1. The molecule has 37 heavy (non-hydrogen) atoms. The van der Waals surface area contributed by atoms with Gasteiger partial charge >= 0.3 is 27.0 Å². The van der Waals surface area contributed by atoms with Crippen molar-refractivity contribution in [2.24, 2.45) is 0 Å². The molecule has 0 aliphatic heterocycles. The minimum absolute atomic E-state index is 0. The zero-order valence-electron chi connectivity index (χ0n) is 22.8. The average Bonchev–Trinajstić information content (AvgIpc) is 2.83. The molecule has 0 aromatic heterocycles. The normalized spacial score (nSPS) is 13.5. The molecule has 3 aromatic rings. The molecule has 0 radical (unpaired) electrons. The number of nitrogens with zero attached hydrogens (tertiary/aromatic N) is 1. The second-order valence-electron chi connectivity index (χ2n) is 11.0. The summed E-state index contributed by atoms with van der Waals surface area (Å²) in [5.41, 5.74) is 11.1. The first-order valence-electron chi connectivity index (χ1n) is 11.8. The van der Waals surface area contributed by atoms with Crippen molar-refractivity contribution < 1.29 is 25.7 Å². The maximum atomic E-state index is 13.4. The summed E-state index contributed by atoms with van der Waals surface area (Å²) in [5.74, 6) is -0.145.